The van der Waals surface area contributed by atoms with Crippen molar-refractivity contribution in [1.82, 2.24) is 0 Å². The molecule has 2 N–H and O–H groups in total. The van der Waals surface area contributed by atoms with Crippen molar-refractivity contribution in [3.63, 3.8) is 0 Å². The van der Waals surface area contributed by atoms with E-state index in [4.69, 9.17) is 4.74 Å². The maximum Gasteiger partial charge on any atom is 0.347 e. The van der Waals surface area contributed by atoms with Crippen LogP contribution in [0, 0.1) is 0 Å². The molecule has 4 aromatic carbocycles. The minimum atomic E-state index is -1.20. The van der Waals surface area contributed by atoms with Crippen LogP contribution in [0.5, 0.6) is 11.5 Å². The van der Waals surface area contributed by atoms with Crippen LogP contribution in [0.25, 0.3) is 21.5 Å². The van der Waals surface area contributed by atoms with Gasteiger partial charge in [0.15, 0.2) is 0 Å². The third-order valence-corrected chi connectivity index (χ3v) is 4.36. The number of hydrogen-bond donors (Lipinski definition) is 2. The Labute approximate surface area is 154 Å². The number of rotatable bonds is 3. The van der Waals surface area contributed by atoms with Crippen molar-refractivity contribution in [3.8, 4) is 11.5 Å². The van der Waals surface area contributed by atoms with Crippen molar-refractivity contribution in [2.75, 3.05) is 0 Å². The highest BCUT2D eigenvalue weighted by atomic mass is 16.5. The van der Waals surface area contributed by atoms with Crippen molar-refractivity contribution in [3.05, 3.63) is 83.9 Å². The SMILES string of the molecule is O=C(Oc1cc2ccccc2cc1C(=O)O)c1cc2ccccc2cc1O. The minimum absolute atomic E-state index is 0.0294. The molecule has 0 spiro atoms. The highest BCUT2D eigenvalue weighted by Gasteiger charge is 2.19. The quantitative estimate of drug-likeness (QED) is 0.412. The van der Waals surface area contributed by atoms with Crippen LogP contribution < -0.4 is 4.74 Å². The number of carboxylic acids is 1. The molecular weight excluding hydrogens is 344 g/mol. The van der Waals surface area contributed by atoms with E-state index in [0.29, 0.717) is 0 Å². The summed E-state index contributed by atoms with van der Waals surface area (Å²) in [5, 5.41) is 22.7. The minimum Gasteiger partial charge on any atom is -0.507 e. The van der Waals surface area contributed by atoms with Crippen molar-refractivity contribution < 1.29 is 24.5 Å². The van der Waals surface area contributed by atoms with Gasteiger partial charge in [-0.05, 0) is 45.8 Å². The summed E-state index contributed by atoms with van der Waals surface area (Å²) >= 11 is 0. The Morgan fingerprint density at radius 1 is 0.704 bits per heavy atom. The number of phenolic OH excluding ortho intramolecular Hbond substituents is 1. The lowest BCUT2D eigenvalue weighted by molar-refractivity contribution is 0.0681. The van der Waals surface area contributed by atoms with Gasteiger partial charge in [0.1, 0.15) is 22.6 Å². The zero-order valence-corrected chi connectivity index (χ0v) is 14.0. The van der Waals surface area contributed by atoms with E-state index >= 15 is 0 Å². The van der Waals surface area contributed by atoms with Gasteiger partial charge >= 0.3 is 11.9 Å². The van der Waals surface area contributed by atoms with Gasteiger partial charge in [-0.2, -0.15) is 0 Å². The summed E-state index contributed by atoms with van der Waals surface area (Å²) in [6.07, 6.45) is 0. The van der Waals surface area contributed by atoms with Gasteiger partial charge in [-0.25, -0.2) is 9.59 Å². The molecule has 0 fully saturated rings. The number of phenols is 1. The molecule has 27 heavy (non-hydrogen) atoms. The molecule has 0 saturated heterocycles. The van der Waals surface area contributed by atoms with Crippen LogP contribution in [0.4, 0.5) is 0 Å². The number of fused-ring (bicyclic) bond motifs is 2. The van der Waals surface area contributed by atoms with E-state index in [0.717, 1.165) is 21.5 Å². The Morgan fingerprint density at radius 3 is 1.74 bits per heavy atom. The number of ether oxygens (including phenoxy) is 1. The largest absolute Gasteiger partial charge is 0.507 e. The summed E-state index contributed by atoms with van der Waals surface area (Å²) < 4.78 is 5.35. The predicted molar refractivity (Wildman–Crippen MR) is 101 cm³/mol. The molecule has 0 atom stereocenters. The Hall–Kier alpha value is -3.86. The zero-order chi connectivity index (χ0) is 19.0. The maximum absolute atomic E-state index is 12.6. The van der Waals surface area contributed by atoms with E-state index in [-0.39, 0.29) is 22.6 Å². The molecule has 0 heterocycles. The van der Waals surface area contributed by atoms with Crippen molar-refractivity contribution in [1.29, 1.82) is 0 Å². The fraction of sp³-hybridized carbons (Fsp3) is 0. The zero-order valence-electron chi connectivity index (χ0n) is 14.0. The maximum atomic E-state index is 12.6. The second-order valence-electron chi connectivity index (χ2n) is 6.11. The highest BCUT2D eigenvalue weighted by molar-refractivity contribution is 6.02. The fourth-order valence-corrected chi connectivity index (χ4v) is 3.02. The number of carbonyl (C=O) groups excluding carboxylic acids is 1. The number of carboxylic acid groups (broad SMARTS) is 1. The number of hydrogen-bond acceptors (Lipinski definition) is 4. The molecule has 0 aliphatic carbocycles. The highest BCUT2D eigenvalue weighted by Crippen LogP contribution is 2.30. The molecule has 0 unspecified atom stereocenters. The van der Waals surface area contributed by atoms with Crippen molar-refractivity contribution in [2.45, 2.75) is 0 Å². The molecule has 4 rings (SSSR count). The second-order valence-corrected chi connectivity index (χ2v) is 6.11. The number of esters is 1. The molecule has 0 aliphatic heterocycles. The average molecular weight is 358 g/mol. The first-order valence-corrected chi connectivity index (χ1v) is 8.23. The van der Waals surface area contributed by atoms with Crippen molar-refractivity contribution in [2.24, 2.45) is 0 Å². The lowest BCUT2D eigenvalue weighted by Gasteiger charge is -2.11. The average Bonchev–Trinajstić information content (AvgIpc) is 2.66. The number of benzene rings is 4. The van der Waals surface area contributed by atoms with E-state index in [1.165, 1.54) is 24.3 Å². The van der Waals surface area contributed by atoms with E-state index in [2.05, 4.69) is 0 Å². The first-order chi connectivity index (χ1) is 13.0. The summed E-state index contributed by atoms with van der Waals surface area (Å²) in [6, 6.07) is 20.4. The second kappa shape index (κ2) is 6.46. The van der Waals surface area contributed by atoms with Crippen LogP contribution in [0.3, 0.4) is 0 Å². The molecule has 0 aromatic heterocycles. The van der Waals surface area contributed by atoms with Gasteiger partial charge in [0.25, 0.3) is 0 Å². The molecule has 0 radical (unpaired) electrons. The Kier molecular flexibility index (Phi) is 3.97. The van der Waals surface area contributed by atoms with Gasteiger partial charge in [-0.15, -0.1) is 0 Å². The predicted octanol–water partition coefficient (Wildman–Crippen LogP) is 4.62. The molecule has 0 saturated carbocycles. The van der Waals surface area contributed by atoms with E-state index < -0.39 is 11.9 Å². The third-order valence-electron chi connectivity index (χ3n) is 4.36. The molecule has 0 aliphatic rings. The monoisotopic (exact) mass is 358 g/mol. The Balaban J connectivity index is 1.77. The molecule has 5 heteroatoms. The van der Waals surface area contributed by atoms with Gasteiger partial charge in [0.2, 0.25) is 0 Å². The van der Waals surface area contributed by atoms with Crippen LogP contribution in [0.1, 0.15) is 20.7 Å². The standard InChI is InChI=1S/C22H14O5/c23-19-11-15-7-3-1-5-13(15)9-17(19)22(26)27-20-12-16-8-4-2-6-14(16)10-18(20)21(24)25/h1-12,23H,(H,24,25). The molecule has 0 bridgehead atoms. The lowest BCUT2D eigenvalue weighted by Crippen LogP contribution is -2.12. The van der Waals surface area contributed by atoms with Crippen LogP contribution in [0.15, 0.2) is 72.8 Å². The molecule has 5 nitrogen and oxygen atoms in total. The van der Waals surface area contributed by atoms with Crippen LogP contribution in [-0.2, 0) is 0 Å². The number of aromatic carboxylic acids is 1. The number of carbonyl (C=O) groups is 2. The van der Waals surface area contributed by atoms with Gasteiger partial charge in [-0.3, -0.25) is 0 Å². The summed E-state index contributed by atoms with van der Waals surface area (Å²) in [4.78, 5) is 24.2. The topological polar surface area (TPSA) is 83.8 Å². The fourth-order valence-electron chi connectivity index (χ4n) is 3.02. The smallest absolute Gasteiger partial charge is 0.347 e. The van der Waals surface area contributed by atoms with Crippen LogP contribution in [-0.4, -0.2) is 22.2 Å². The van der Waals surface area contributed by atoms with E-state index in [1.54, 1.807) is 18.2 Å². The molecule has 4 aromatic rings. The first kappa shape index (κ1) is 16.6. The Bertz CT molecular complexity index is 1210. The number of aromatic hydroxyl groups is 1. The van der Waals surface area contributed by atoms with E-state index in [1.807, 2.05) is 30.3 Å². The summed E-state index contributed by atoms with van der Waals surface area (Å²) in [7, 11) is 0. The normalized spacial score (nSPS) is 10.8. The van der Waals surface area contributed by atoms with Crippen LogP contribution in [0.2, 0.25) is 0 Å². The third kappa shape index (κ3) is 3.06. The summed E-state index contributed by atoms with van der Waals surface area (Å²) in [5.41, 5.74) is -0.152. The molecule has 0 amide bonds. The lowest BCUT2D eigenvalue weighted by atomic mass is 10.0. The Morgan fingerprint density at radius 2 is 1.19 bits per heavy atom. The van der Waals surface area contributed by atoms with Gasteiger partial charge < -0.3 is 14.9 Å². The van der Waals surface area contributed by atoms with Crippen molar-refractivity contribution >= 4 is 33.5 Å². The van der Waals surface area contributed by atoms with Gasteiger partial charge in [-0.1, -0.05) is 48.5 Å². The summed E-state index contributed by atoms with van der Waals surface area (Å²) in [5.74, 6) is -2.32. The van der Waals surface area contributed by atoms with Gasteiger partial charge in [0, 0.05) is 0 Å². The molecule has 132 valence electrons. The summed E-state index contributed by atoms with van der Waals surface area (Å²) in [6.45, 7) is 0. The first-order valence-electron chi connectivity index (χ1n) is 8.23. The van der Waals surface area contributed by atoms with Crippen LogP contribution >= 0.6 is 0 Å². The molecular formula is C22H14O5. The van der Waals surface area contributed by atoms with Gasteiger partial charge in [0.05, 0.1) is 0 Å². The van der Waals surface area contributed by atoms with E-state index in [9.17, 15) is 19.8 Å².